The van der Waals surface area contributed by atoms with Gasteiger partial charge in [0.2, 0.25) is 0 Å². The van der Waals surface area contributed by atoms with Gasteiger partial charge in [0.25, 0.3) is 0 Å². The minimum Gasteiger partial charge on any atom is -0.507 e. The summed E-state index contributed by atoms with van der Waals surface area (Å²) in [6, 6.07) is 9.64. The van der Waals surface area contributed by atoms with E-state index in [1.54, 1.807) is 30.3 Å². The maximum atomic E-state index is 12.7. The molecule has 2 aromatic rings. The number of ether oxygens (including phenoxy) is 1. The highest BCUT2D eigenvalue weighted by Gasteiger charge is 2.32. The van der Waals surface area contributed by atoms with Crippen LogP contribution in [0.4, 0.5) is 0 Å². The van der Waals surface area contributed by atoms with Crippen molar-refractivity contribution >= 4 is 11.6 Å². The molecule has 26 heavy (non-hydrogen) atoms. The van der Waals surface area contributed by atoms with Crippen molar-refractivity contribution in [3.63, 3.8) is 0 Å². The molecule has 5 heteroatoms. The molecule has 0 fully saturated rings. The first-order valence-corrected chi connectivity index (χ1v) is 8.97. The molecule has 0 radical (unpaired) electrons. The number of rotatable bonds is 7. The summed E-state index contributed by atoms with van der Waals surface area (Å²) >= 11 is 0. The van der Waals surface area contributed by atoms with E-state index in [2.05, 4.69) is 18.7 Å². The number of hydrogen-bond acceptors (Lipinski definition) is 5. The van der Waals surface area contributed by atoms with Gasteiger partial charge in [0.1, 0.15) is 11.5 Å². The molecule has 0 amide bonds. The number of hydrogen-bond donors (Lipinski definition) is 1. The van der Waals surface area contributed by atoms with E-state index < -0.39 is 0 Å². The standard InChI is InChI=1S/C21H23NO4/c1-3-22(4-2)10-7-11-26-14-12-17-19(18(23)13-14)21(25)16-9-6-5-8-15(16)20(17)24/h5-6,8-9,12-13,23H,3-4,7,10-11H2,1-2H3. The molecule has 136 valence electrons. The molecule has 5 nitrogen and oxygen atoms in total. The summed E-state index contributed by atoms with van der Waals surface area (Å²) in [5, 5.41) is 10.3. The Balaban J connectivity index is 1.79. The molecule has 0 heterocycles. The van der Waals surface area contributed by atoms with E-state index in [1.165, 1.54) is 6.07 Å². The monoisotopic (exact) mass is 353 g/mol. The smallest absolute Gasteiger partial charge is 0.198 e. The average molecular weight is 353 g/mol. The zero-order valence-electron chi connectivity index (χ0n) is 15.1. The van der Waals surface area contributed by atoms with Gasteiger partial charge < -0.3 is 14.7 Å². The minimum atomic E-state index is -0.333. The van der Waals surface area contributed by atoms with Crippen LogP contribution in [0, 0.1) is 0 Å². The van der Waals surface area contributed by atoms with Crippen LogP contribution in [-0.2, 0) is 0 Å². The Morgan fingerprint density at radius 1 is 0.962 bits per heavy atom. The van der Waals surface area contributed by atoms with Gasteiger partial charge in [0.15, 0.2) is 11.6 Å². The summed E-state index contributed by atoms with van der Waals surface area (Å²) in [6.07, 6.45) is 0.842. The Morgan fingerprint density at radius 2 is 1.62 bits per heavy atom. The summed E-state index contributed by atoms with van der Waals surface area (Å²) in [7, 11) is 0. The number of nitrogens with zero attached hydrogens (tertiary/aromatic N) is 1. The number of ketones is 2. The summed E-state index contributed by atoms with van der Waals surface area (Å²) in [5.41, 5.74) is 0.952. The highest BCUT2D eigenvalue weighted by atomic mass is 16.5. The lowest BCUT2D eigenvalue weighted by atomic mass is 9.83. The first-order valence-electron chi connectivity index (χ1n) is 8.97. The Bertz CT molecular complexity index is 840. The van der Waals surface area contributed by atoms with Crippen LogP contribution in [-0.4, -0.2) is 47.8 Å². The summed E-state index contributed by atoms with van der Waals surface area (Å²) in [5.74, 6) is -0.407. The second-order valence-corrected chi connectivity index (χ2v) is 6.30. The van der Waals surface area contributed by atoms with E-state index in [4.69, 9.17) is 4.74 Å². The van der Waals surface area contributed by atoms with Crippen LogP contribution in [0.2, 0.25) is 0 Å². The normalized spacial score (nSPS) is 12.9. The molecular formula is C21H23NO4. The zero-order valence-corrected chi connectivity index (χ0v) is 15.1. The largest absolute Gasteiger partial charge is 0.507 e. The van der Waals surface area contributed by atoms with Crippen LogP contribution in [0.3, 0.4) is 0 Å². The van der Waals surface area contributed by atoms with Crippen molar-refractivity contribution in [2.75, 3.05) is 26.2 Å². The van der Waals surface area contributed by atoms with Crippen molar-refractivity contribution in [3.8, 4) is 11.5 Å². The van der Waals surface area contributed by atoms with E-state index in [9.17, 15) is 14.7 Å². The third-order valence-corrected chi connectivity index (χ3v) is 4.76. The van der Waals surface area contributed by atoms with Gasteiger partial charge in [-0.15, -0.1) is 0 Å². The molecule has 1 aliphatic carbocycles. The summed E-state index contributed by atoms with van der Waals surface area (Å²) < 4.78 is 5.71. The lowest BCUT2D eigenvalue weighted by Gasteiger charge is -2.20. The van der Waals surface area contributed by atoms with Crippen molar-refractivity contribution in [1.82, 2.24) is 4.90 Å². The SMILES string of the molecule is CCN(CC)CCCOc1cc(O)c2c(c1)C(=O)c1ccccc1C2=O. The average Bonchev–Trinajstić information content (AvgIpc) is 2.66. The molecule has 0 atom stereocenters. The van der Waals surface area contributed by atoms with Crippen molar-refractivity contribution < 1.29 is 19.4 Å². The highest BCUT2D eigenvalue weighted by molar-refractivity contribution is 6.29. The second kappa shape index (κ2) is 7.70. The lowest BCUT2D eigenvalue weighted by molar-refractivity contribution is 0.0976. The number of carbonyl (C=O) groups is 2. The molecule has 0 unspecified atom stereocenters. The molecule has 1 aliphatic rings. The fourth-order valence-electron chi connectivity index (χ4n) is 3.28. The fraction of sp³-hybridized carbons (Fsp3) is 0.333. The molecule has 0 spiro atoms. The first kappa shape index (κ1) is 18.1. The maximum absolute atomic E-state index is 12.7. The lowest BCUT2D eigenvalue weighted by Crippen LogP contribution is -2.25. The number of phenolic OH excluding ortho intramolecular Hbond substituents is 1. The van der Waals surface area contributed by atoms with Crippen molar-refractivity contribution in [1.29, 1.82) is 0 Å². The van der Waals surface area contributed by atoms with E-state index in [0.29, 0.717) is 23.5 Å². The van der Waals surface area contributed by atoms with Crippen LogP contribution < -0.4 is 4.74 Å². The van der Waals surface area contributed by atoms with E-state index in [-0.39, 0.29) is 28.4 Å². The molecule has 0 saturated carbocycles. The molecule has 0 saturated heterocycles. The Hall–Kier alpha value is -2.66. The van der Waals surface area contributed by atoms with E-state index in [1.807, 2.05) is 0 Å². The van der Waals surface area contributed by atoms with Crippen molar-refractivity contribution in [2.45, 2.75) is 20.3 Å². The number of fused-ring (bicyclic) bond motifs is 2. The number of carbonyl (C=O) groups excluding carboxylic acids is 2. The molecular weight excluding hydrogens is 330 g/mol. The van der Waals surface area contributed by atoms with Crippen LogP contribution >= 0.6 is 0 Å². The van der Waals surface area contributed by atoms with Crippen LogP contribution in [0.1, 0.15) is 52.1 Å². The van der Waals surface area contributed by atoms with E-state index in [0.717, 1.165) is 26.1 Å². The van der Waals surface area contributed by atoms with Gasteiger partial charge in [-0.3, -0.25) is 9.59 Å². The van der Waals surface area contributed by atoms with Crippen LogP contribution in [0.5, 0.6) is 11.5 Å². The Labute approximate surface area is 153 Å². The quantitative estimate of drug-likeness (QED) is 0.660. The topological polar surface area (TPSA) is 66.8 Å². The van der Waals surface area contributed by atoms with E-state index >= 15 is 0 Å². The second-order valence-electron chi connectivity index (χ2n) is 6.30. The first-order chi connectivity index (χ1) is 12.6. The predicted molar refractivity (Wildman–Crippen MR) is 99.3 cm³/mol. The number of benzene rings is 2. The third kappa shape index (κ3) is 3.35. The Kier molecular flexibility index (Phi) is 5.38. The minimum absolute atomic E-state index is 0.0594. The summed E-state index contributed by atoms with van der Waals surface area (Å²) in [6.45, 7) is 7.62. The van der Waals surface area contributed by atoms with Gasteiger partial charge in [0, 0.05) is 29.3 Å². The molecule has 0 aliphatic heterocycles. The van der Waals surface area contributed by atoms with Gasteiger partial charge in [-0.25, -0.2) is 0 Å². The molecule has 2 aromatic carbocycles. The van der Waals surface area contributed by atoms with Gasteiger partial charge >= 0.3 is 0 Å². The highest BCUT2D eigenvalue weighted by Crippen LogP contribution is 2.35. The van der Waals surface area contributed by atoms with Gasteiger partial charge in [-0.1, -0.05) is 38.1 Å². The molecule has 3 rings (SSSR count). The van der Waals surface area contributed by atoms with Gasteiger partial charge in [-0.05, 0) is 25.6 Å². The van der Waals surface area contributed by atoms with Gasteiger partial charge in [-0.2, -0.15) is 0 Å². The maximum Gasteiger partial charge on any atom is 0.198 e. The van der Waals surface area contributed by atoms with Gasteiger partial charge in [0.05, 0.1) is 12.2 Å². The molecule has 1 N–H and O–H groups in total. The predicted octanol–water partition coefficient (Wildman–Crippen LogP) is 3.28. The van der Waals surface area contributed by atoms with Crippen LogP contribution in [0.15, 0.2) is 36.4 Å². The summed E-state index contributed by atoms with van der Waals surface area (Å²) in [4.78, 5) is 27.7. The van der Waals surface area contributed by atoms with Crippen molar-refractivity contribution in [3.05, 3.63) is 58.7 Å². The number of phenols is 1. The third-order valence-electron chi connectivity index (χ3n) is 4.76. The molecule has 0 bridgehead atoms. The fourth-order valence-corrected chi connectivity index (χ4v) is 3.28. The van der Waals surface area contributed by atoms with Crippen LogP contribution in [0.25, 0.3) is 0 Å². The molecule has 0 aromatic heterocycles. The number of aromatic hydroxyl groups is 1. The Morgan fingerprint density at radius 3 is 2.27 bits per heavy atom. The zero-order chi connectivity index (χ0) is 18.7. The van der Waals surface area contributed by atoms with Crippen molar-refractivity contribution in [2.24, 2.45) is 0 Å².